The van der Waals surface area contributed by atoms with Crippen molar-refractivity contribution in [3.63, 3.8) is 0 Å². The Hall–Kier alpha value is -3.51. The van der Waals surface area contributed by atoms with Crippen LogP contribution in [-0.4, -0.2) is 29.5 Å². The van der Waals surface area contributed by atoms with Crippen LogP contribution in [0.25, 0.3) is 0 Å². The van der Waals surface area contributed by atoms with Crippen LogP contribution in [0.1, 0.15) is 22.4 Å². The third kappa shape index (κ3) is 5.99. The summed E-state index contributed by atoms with van der Waals surface area (Å²) in [7, 11) is -0.580. The van der Waals surface area contributed by atoms with Gasteiger partial charge >= 0.3 is 0 Å². The van der Waals surface area contributed by atoms with Gasteiger partial charge in [-0.3, -0.25) is 4.68 Å². The van der Waals surface area contributed by atoms with Crippen molar-refractivity contribution in [3.8, 4) is 0 Å². The van der Waals surface area contributed by atoms with E-state index in [9.17, 15) is 0 Å². The van der Waals surface area contributed by atoms with Crippen molar-refractivity contribution in [2.45, 2.75) is 18.1 Å². The van der Waals surface area contributed by atoms with Crippen LogP contribution >= 0.6 is 0 Å². The molecule has 1 heterocycles. The van der Waals surface area contributed by atoms with Crippen molar-refractivity contribution in [2.24, 2.45) is 12.2 Å². The Balaban J connectivity index is 1.68. The van der Waals surface area contributed by atoms with Crippen molar-refractivity contribution in [1.82, 2.24) is 15.0 Å². The molecule has 0 spiro atoms. The van der Waals surface area contributed by atoms with E-state index in [4.69, 9.17) is 4.53 Å². The summed E-state index contributed by atoms with van der Waals surface area (Å²) < 4.78 is 8.14. The molecule has 0 saturated heterocycles. The topological polar surface area (TPSA) is 52.3 Å². The lowest BCUT2D eigenvalue weighted by Gasteiger charge is -2.29. The van der Waals surface area contributed by atoms with Crippen LogP contribution in [0.4, 0.5) is 0 Å². The molecular formula is C25H26N4OSi. The predicted molar refractivity (Wildman–Crippen MR) is 126 cm³/mol. The summed E-state index contributed by atoms with van der Waals surface area (Å²) in [4.78, 5) is 0. The molecule has 0 aliphatic heterocycles. The smallest absolute Gasteiger partial charge is 0.300 e. The van der Waals surface area contributed by atoms with Crippen LogP contribution in [0, 0.1) is 0 Å². The molecule has 0 saturated carbocycles. The van der Waals surface area contributed by atoms with E-state index in [1.807, 2.05) is 31.4 Å². The van der Waals surface area contributed by atoms with Crippen LogP contribution in [0.15, 0.2) is 102 Å². The van der Waals surface area contributed by atoms with Crippen molar-refractivity contribution in [1.29, 1.82) is 0 Å². The minimum atomic E-state index is -2.42. The minimum absolute atomic E-state index is 0.685. The SMILES string of the molecule is Cn1cc(/C=N/O[Si](Cc2ccccc2)(Cc2ccccc2)Cc2ccccc2)nn1. The molecule has 0 N–H and O–H groups in total. The van der Waals surface area contributed by atoms with E-state index in [0.717, 1.165) is 18.1 Å². The van der Waals surface area contributed by atoms with Gasteiger partial charge in [-0.05, 0) is 16.7 Å². The molecule has 0 bridgehead atoms. The average molecular weight is 427 g/mol. The predicted octanol–water partition coefficient (Wildman–Crippen LogP) is 4.46. The maximum atomic E-state index is 6.49. The number of nitrogens with zero attached hydrogens (tertiary/aromatic N) is 4. The number of aryl methyl sites for hydroxylation is 1. The highest BCUT2D eigenvalue weighted by Gasteiger charge is 2.39. The minimum Gasteiger partial charge on any atom is -0.454 e. The maximum Gasteiger partial charge on any atom is 0.300 e. The van der Waals surface area contributed by atoms with E-state index >= 15 is 0 Å². The van der Waals surface area contributed by atoms with Crippen molar-refractivity contribution in [2.75, 3.05) is 0 Å². The summed E-state index contributed by atoms with van der Waals surface area (Å²) in [6.07, 6.45) is 3.48. The monoisotopic (exact) mass is 426 g/mol. The molecule has 4 aromatic rings. The summed E-state index contributed by atoms with van der Waals surface area (Å²) in [5, 5.41) is 12.5. The Morgan fingerprint density at radius 3 is 1.61 bits per heavy atom. The Labute approximate surface area is 184 Å². The van der Waals surface area contributed by atoms with Gasteiger partial charge in [-0.25, -0.2) is 0 Å². The van der Waals surface area contributed by atoms with Gasteiger partial charge in [0.1, 0.15) is 5.69 Å². The molecule has 0 atom stereocenters. The second-order valence-corrected chi connectivity index (χ2v) is 11.4. The fourth-order valence-electron chi connectivity index (χ4n) is 3.80. The molecule has 3 aromatic carbocycles. The van der Waals surface area contributed by atoms with Gasteiger partial charge < -0.3 is 4.53 Å². The Kier molecular flexibility index (Phi) is 6.69. The number of rotatable bonds is 9. The van der Waals surface area contributed by atoms with Gasteiger partial charge in [-0.15, -0.1) is 10.3 Å². The summed E-state index contributed by atoms with van der Waals surface area (Å²) in [5.41, 5.74) is 4.51. The maximum absolute atomic E-state index is 6.49. The fraction of sp³-hybridized carbons (Fsp3) is 0.160. The van der Waals surface area contributed by atoms with Crippen LogP contribution in [0.2, 0.25) is 0 Å². The van der Waals surface area contributed by atoms with Gasteiger partial charge in [0, 0.05) is 25.2 Å². The lowest BCUT2D eigenvalue weighted by molar-refractivity contribution is 0.319. The largest absolute Gasteiger partial charge is 0.454 e. The third-order valence-electron chi connectivity index (χ3n) is 5.16. The van der Waals surface area contributed by atoms with Gasteiger partial charge in [0.2, 0.25) is 0 Å². The summed E-state index contributed by atoms with van der Waals surface area (Å²) in [6, 6.07) is 34.3. The van der Waals surface area contributed by atoms with Crippen LogP contribution in [-0.2, 0) is 29.7 Å². The highest BCUT2D eigenvalue weighted by atomic mass is 28.4. The Morgan fingerprint density at radius 2 is 1.23 bits per heavy atom. The summed E-state index contributed by atoms with van der Waals surface area (Å²) in [6.45, 7) is 0. The van der Waals surface area contributed by atoms with Crippen molar-refractivity contribution >= 4 is 14.5 Å². The highest BCUT2D eigenvalue weighted by molar-refractivity contribution is 6.72. The molecular weight excluding hydrogens is 400 g/mol. The molecule has 0 amide bonds. The quantitative estimate of drug-likeness (QED) is 0.226. The standard InChI is InChI=1S/C25H26N4OSi/c1-29-18-25(27-28-29)17-26-30-31(19-22-11-5-2-6-12-22,20-23-13-7-3-8-14-23)21-24-15-9-4-10-16-24/h2-18H,19-21H2,1H3/b26-17+. The second kappa shape index (κ2) is 10.00. The molecule has 4 rings (SSSR count). The zero-order valence-electron chi connectivity index (χ0n) is 17.6. The molecule has 0 aliphatic carbocycles. The van der Waals surface area contributed by atoms with E-state index in [2.05, 4.69) is 88.3 Å². The van der Waals surface area contributed by atoms with Gasteiger partial charge in [0.25, 0.3) is 8.32 Å². The van der Waals surface area contributed by atoms with E-state index < -0.39 is 8.32 Å². The molecule has 31 heavy (non-hydrogen) atoms. The van der Waals surface area contributed by atoms with Crippen molar-refractivity contribution in [3.05, 3.63) is 120 Å². The van der Waals surface area contributed by atoms with E-state index in [0.29, 0.717) is 5.69 Å². The first-order valence-electron chi connectivity index (χ1n) is 10.4. The summed E-state index contributed by atoms with van der Waals surface area (Å²) >= 11 is 0. The lowest BCUT2D eigenvalue weighted by Crippen LogP contribution is -2.46. The third-order valence-corrected chi connectivity index (χ3v) is 8.81. The first kappa shape index (κ1) is 20.7. The van der Waals surface area contributed by atoms with Crippen LogP contribution < -0.4 is 0 Å². The second-order valence-electron chi connectivity index (χ2n) is 7.81. The Bertz CT molecular complexity index is 997. The molecule has 156 valence electrons. The number of hydrogen-bond acceptors (Lipinski definition) is 4. The molecule has 6 heteroatoms. The molecule has 1 aromatic heterocycles. The van der Waals surface area contributed by atoms with Gasteiger partial charge in [0.15, 0.2) is 0 Å². The normalized spacial score (nSPS) is 11.6. The first-order valence-corrected chi connectivity index (χ1v) is 12.9. The molecule has 0 fully saturated rings. The van der Waals surface area contributed by atoms with Crippen molar-refractivity contribution < 1.29 is 4.53 Å². The zero-order valence-corrected chi connectivity index (χ0v) is 18.6. The fourth-order valence-corrected chi connectivity index (χ4v) is 7.59. The molecule has 0 unspecified atom stereocenters. The van der Waals surface area contributed by atoms with E-state index in [1.165, 1.54) is 16.7 Å². The van der Waals surface area contributed by atoms with E-state index in [-0.39, 0.29) is 0 Å². The van der Waals surface area contributed by atoms with Gasteiger partial charge in [-0.1, -0.05) is 96.2 Å². The molecule has 5 nitrogen and oxygen atoms in total. The highest BCUT2D eigenvalue weighted by Crippen LogP contribution is 2.24. The van der Waals surface area contributed by atoms with Gasteiger partial charge in [-0.2, -0.15) is 0 Å². The Morgan fingerprint density at radius 1 is 0.774 bits per heavy atom. The van der Waals surface area contributed by atoms with Crippen LogP contribution in [0.5, 0.6) is 0 Å². The zero-order chi connectivity index (χ0) is 21.4. The first-order chi connectivity index (χ1) is 15.2. The number of benzene rings is 3. The number of aromatic nitrogens is 3. The van der Waals surface area contributed by atoms with Crippen LogP contribution in [0.3, 0.4) is 0 Å². The number of hydrogen-bond donors (Lipinski definition) is 0. The molecule has 0 radical (unpaired) electrons. The van der Waals surface area contributed by atoms with Gasteiger partial charge in [0.05, 0.1) is 12.4 Å². The average Bonchev–Trinajstić information content (AvgIpc) is 3.21. The lowest BCUT2D eigenvalue weighted by atomic mass is 10.2. The number of oxime groups is 1. The van der Waals surface area contributed by atoms with E-state index in [1.54, 1.807) is 10.9 Å². The molecule has 0 aliphatic rings. The summed E-state index contributed by atoms with van der Waals surface area (Å²) in [5.74, 6) is 0.